The third-order valence-corrected chi connectivity index (χ3v) is 12.1. The van der Waals surface area contributed by atoms with E-state index in [0.29, 0.717) is 19.5 Å². The molecule has 5 nitrogen and oxygen atoms in total. The van der Waals surface area contributed by atoms with Gasteiger partial charge in [-0.05, 0) is 89.3 Å². The average molecular weight is 560 g/mol. The van der Waals surface area contributed by atoms with Gasteiger partial charge in [0, 0.05) is 25.6 Å². The summed E-state index contributed by atoms with van der Waals surface area (Å²) in [5.41, 5.74) is -0.508. The predicted molar refractivity (Wildman–Crippen MR) is 167 cm³/mol. The molecule has 0 bridgehead atoms. The number of rotatable bonds is 10. The van der Waals surface area contributed by atoms with E-state index in [4.69, 9.17) is 4.74 Å². The van der Waals surface area contributed by atoms with Crippen LogP contribution < -0.4 is 21.2 Å². The number of amides is 2. The summed E-state index contributed by atoms with van der Waals surface area (Å²) in [4.78, 5) is 27.0. The minimum atomic E-state index is -1.82. The minimum Gasteiger partial charge on any atom is -0.444 e. The van der Waals surface area contributed by atoms with Gasteiger partial charge in [-0.15, -0.1) is 0 Å². The van der Waals surface area contributed by atoms with Crippen molar-refractivity contribution in [3.63, 3.8) is 0 Å². The molecule has 0 atom stereocenters. The molecular weight excluding hydrogens is 515 g/mol. The van der Waals surface area contributed by atoms with E-state index in [1.807, 2.05) is 25.7 Å². The van der Waals surface area contributed by atoms with Gasteiger partial charge in [0.05, 0.1) is 6.16 Å². The Labute approximate surface area is 240 Å². The number of nitrogens with one attached hydrogen (secondary N) is 1. The Hall–Kier alpha value is -3.17. The van der Waals surface area contributed by atoms with Gasteiger partial charge >= 0.3 is 6.09 Å². The molecular formula is C34H44N2O3P+. The fraction of sp³-hybridized carbons (Fsp3) is 0.412. The van der Waals surface area contributed by atoms with Crippen LogP contribution in [0, 0.1) is 0 Å². The Bertz CT molecular complexity index is 1110. The summed E-state index contributed by atoms with van der Waals surface area (Å²) in [6.07, 6.45) is 5.81. The topological polar surface area (TPSA) is 58.6 Å². The number of likely N-dealkylation sites (tertiary alicyclic amines) is 1. The van der Waals surface area contributed by atoms with Crippen molar-refractivity contribution in [3.8, 4) is 0 Å². The van der Waals surface area contributed by atoms with Crippen LogP contribution in [0.5, 0.6) is 0 Å². The van der Waals surface area contributed by atoms with Gasteiger partial charge in [0.25, 0.3) is 0 Å². The van der Waals surface area contributed by atoms with E-state index in [1.165, 1.54) is 15.9 Å². The maximum Gasteiger partial charge on any atom is 0.407 e. The second-order valence-corrected chi connectivity index (χ2v) is 15.3. The summed E-state index contributed by atoms with van der Waals surface area (Å²) in [6, 6.07) is 33.0. The minimum absolute atomic E-state index is 0.0601. The molecule has 0 unspecified atom stereocenters. The molecule has 40 heavy (non-hydrogen) atoms. The van der Waals surface area contributed by atoms with Crippen molar-refractivity contribution < 1.29 is 14.3 Å². The second kappa shape index (κ2) is 13.9. The van der Waals surface area contributed by atoms with Crippen LogP contribution in [0.4, 0.5) is 4.79 Å². The van der Waals surface area contributed by atoms with Crippen molar-refractivity contribution in [2.24, 2.45) is 0 Å². The number of unbranched alkanes of at least 4 members (excludes halogenated alkanes) is 2. The Balaban J connectivity index is 1.32. The number of alkyl carbamates (subject to hydrolysis) is 1. The second-order valence-electron chi connectivity index (χ2n) is 11.7. The molecule has 4 rings (SSSR count). The van der Waals surface area contributed by atoms with E-state index >= 15 is 0 Å². The molecule has 1 aliphatic rings. The fourth-order valence-electron chi connectivity index (χ4n) is 5.59. The SMILES string of the molecule is CC(C)(C)OC(=O)NC1CCN(C(=O)CCCCC[P+](c2ccccc2)(c2ccccc2)c2ccccc2)CC1. The number of benzene rings is 3. The largest absolute Gasteiger partial charge is 0.444 e. The van der Waals surface area contributed by atoms with Gasteiger partial charge in [0.1, 0.15) is 28.8 Å². The molecule has 0 saturated carbocycles. The Morgan fingerprint density at radius 3 is 1.70 bits per heavy atom. The monoisotopic (exact) mass is 559 g/mol. The average Bonchev–Trinajstić information content (AvgIpc) is 2.96. The highest BCUT2D eigenvalue weighted by atomic mass is 31.2. The van der Waals surface area contributed by atoms with Gasteiger partial charge in [-0.2, -0.15) is 0 Å². The predicted octanol–water partition coefficient (Wildman–Crippen LogP) is 6.06. The highest BCUT2D eigenvalue weighted by Crippen LogP contribution is 2.56. The smallest absolute Gasteiger partial charge is 0.407 e. The van der Waals surface area contributed by atoms with Gasteiger partial charge in [-0.25, -0.2) is 4.79 Å². The van der Waals surface area contributed by atoms with Crippen molar-refractivity contribution in [1.82, 2.24) is 10.2 Å². The highest BCUT2D eigenvalue weighted by Gasteiger charge is 2.44. The van der Waals surface area contributed by atoms with E-state index in [0.717, 1.165) is 38.3 Å². The van der Waals surface area contributed by atoms with E-state index in [2.05, 4.69) is 96.3 Å². The third-order valence-electron chi connectivity index (χ3n) is 7.54. The van der Waals surface area contributed by atoms with Crippen molar-refractivity contribution in [1.29, 1.82) is 0 Å². The summed E-state index contributed by atoms with van der Waals surface area (Å²) < 4.78 is 5.37. The molecule has 1 N–H and O–H groups in total. The van der Waals surface area contributed by atoms with E-state index < -0.39 is 12.9 Å². The third kappa shape index (κ3) is 7.95. The fourth-order valence-corrected chi connectivity index (χ4v) is 10.00. The summed E-state index contributed by atoms with van der Waals surface area (Å²) in [6.45, 7) is 6.95. The van der Waals surface area contributed by atoms with Gasteiger partial charge in [0.15, 0.2) is 0 Å². The van der Waals surface area contributed by atoms with Crippen LogP contribution in [0.25, 0.3) is 0 Å². The van der Waals surface area contributed by atoms with Crippen molar-refractivity contribution in [3.05, 3.63) is 91.0 Å². The van der Waals surface area contributed by atoms with Gasteiger partial charge in [0.2, 0.25) is 5.91 Å². The Kier molecular flexibility index (Phi) is 10.4. The summed E-state index contributed by atoms with van der Waals surface area (Å²) in [5.74, 6) is 0.228. The number of carbonyl (C=O) groups is 2. The number of carbonyl (C=O) groups excluding carboxylic acids is 2. The molecule has 1 saturated heterocycles. The van der Waals surface area contributed by atoms with Gasteiger partial charge in [-0.3, -0.25) is 4.79 Å². The number of ether oxygens (including phenoxy) is 1. The molecule has 1 aliphatic heterocycles. The molecule has 3 aromatic rings. The van der Waals surface area contributed by atoms with Crippen LogP contribution in [0.2, 0.25) is 0 Å². The van der Waals surface area contributed by atoms with Gasteiger partial charge < -0.3 is 15.0 Å². The van der Waals surface area contributed by atoms with Crippen LogP contribution >= 0.6 is 7.26 Å². The zero-order valence-corrected chi connectivity index (χ0v) is 25.1. The number of hydrogen-bond acceptors (Lipinski definition) is 3. The molecule has 6 heteroatoms. The lowest BCUT2D eigenvalue weighted by molar-refractivity contribution is -0.132. The molecule has 2 amide bonds. The van der Waals surface area contributed by atoms with E-state index in [-0.39, 0.29) is 18.0 Å². The molecule has 0 spiro atoms. The summed E-state index contributed by atoms with van der Waals surface area (Å²) in [5, 5.41) is 7.18. The molecule has 0 aromatic heterocycles. The maximum atomic E-state index is 13.0. The van der Waals surface area contributed by atoms with Crippen molar-refractivity contribution in [2.45, 2.75) is 70.9 Å². The highest BCUT2D eigenvalue weighted by molar-refractivity contribution is 7.95. The molecule has 3 aromatic carbocycles. The summed E-state index contributed by atoms with van der Waals surface area (Å²) >= 11 is 0. The molecule has 1 heterocycles. The first-order valence-electron chi connectivity index (χ1n) is 14.6. The number of hydrogen-bond donors (Lipinski definition) is 1. The molecule has 1 fully saturated rings. The maximum absolute atomic E-state index is 13.0. The first-order chi connectivity index (χ1) is 19.3. The van der Waals surface area contributed by atoms with Gasteiger partial charge in [-0.1, -0.05) is 54.6 Å². The zero-order valence-electron chi connectivity index (χ0n) is 24.2. The Morgan fingerprint density at radius 1 is 0.775 bits per heavy atom. The number of piperidine rings is 1. The quantitative estimate of drug-likeness (QED) is 0.243. The van der Waals surface area contributed by atoms with Crippen molar-refractivity contribution in [2.75, 3.05) is 19.3 Å². The zero-order chi connectivity index (χ0) is 28.4. The standard InChI is InChI=1S/C34H43N2O3P/c1-34(2,3)39-33(38)35-28-23-25-36(26-24-28)32(37)22-14-7-15-27-40(29-16-8-4-9-17-29,30-18-10-5-11-19-30)31-20-12-6-13-21-31/h4-6,8-13,16-21,28H,7,14-15,22-27H2,1-3H3/p+1. The van der Waals surface area contributed by atoms with E-state index in [1.54, 1.807) is 0 Å². The first kappa shape index (κ1) is 29.8. The molecule has 0 aliphatic carbocycles. The molecule has 212 valence electrons. The first-order valence-corrected chi connectivity index (χ1v) is 16.6. The van der Waals surface area contributed by atoms with E-state index in [9.17, 15) is 9.59 Å². The summed E-state index contributed by atoms with van der Waals surface area (Å²) in [7, 11) is -1.82. The lowest BCUT2D eigenvalue weighted by Gasteiger charge is -2.33. The van der Waals surface area contributed by atoms with Crippen LogP contribution in [-0.2, 0) is 9.53 Å². The van der Waals surface area contributed by atoms with Crippen LogP contribution in [0.1, 0.15) is 59.3 Å². The molecule has 0 radical (unpaired) electrons. The normalized spacial score (nSPS) is 14.5. The number of nitrogens with zero attached hydrogens (tertiary/aromatic N) is 1. The lowest BCUT2D eigenvalue weighted by atomic mass is 10.0. The van der Waals surface area contributed by atoms with Crippen LogP contribution in [-0.4, -0.2) is 47.8 Å². The Morgan fingerprint density at radius 2 is 1.25 bits per heavy atom. The lowest BCUT2D eigenvalue weighted by Crippen LogP contribution is -2.47. The van der Waals surface area contributed by atoms with Crippen LogP contribution in [0.3, 0.4) is 0 Å². The van der Waals surface area contributed by atoms with Crippen LogP contribution in [0.15, 0.2) is 91.0 Å². The van der Waals surface area contributed by atoms with Crippen molar-refractivity contribution >= 4 is 35.2 Å².